The number of benzene rings is 3. The van der Waals surface area contributed by atoms with E-state index in [1.807, 2.05) is 72.8 Å². The van der Waals surface area contributed by atoms with Crippen LogP contribution in [-0.2, 0) is 11.2 Å². The summed E-state index contributed by atoms with van der Waals surface area (Å²) in [4.78, 5) is 12.2. The average molecular weight is 360 g/mol. The number of nitrogens with one attached hydrogen (secondary N) is 2. The molecule has 0 fully saturated rings. The van der Waals surface area contributed by atoms with Gasteiger partial charge in [0.1, 0.15) is 5.75 Å². The minimum atomic E-state index is -0.112. The van der Waals surface area contributed by atoms with Crippen LogP contribution in [0.4, 0.5) is 11.4 Å². The number of para-hydroxylation sites is 3. The zero-order valence-electron chi connectivity index (χ0n) is 15.2. The Bertz CT molecular complexity index is 835. The predicted octanol–water partition coefficient (Wildman–Crippen LogP) is 4.75. The van der Waals surface area contributed by atoms with Gasteiger partial charge in [-0.3, -0.25) is 4.79 Å². The van der Waals surface area contributed by atoms with E-state index in [9.17, 15) is 4.79 Å². The van der Waals surface area contributed by atoms with E-state index in [4.69, 9.17) is 4.74 Å². The quantitative estimate of drug-likeness (QED) is 0.542. The topological polar surface area (TPSA) is 50.4 Å². The van der Waals surface area contributed by atoms with Crippen LogP contribution in [0.5, 0.6) is 5.75 Å². The first-order valence-corrected chi connectivity index (χ1v) is 9.16. The Kier molecular flexibility index (Phi) is 6.87. The summed E-state index contributed by atoms with van der Waals surface area (Å²) in [5, 5.41) is 6.01. The molecule has 27 heavy (non-hydrogen) atoms. The lowest BCUT2D eigenvalue weighted by molar-refractivity contribution is -0.114. The van der Waals surface area contributed by atoms with Crippen molar-refractivity contribution in [2.24, 2.45) is 0 Å². The Morgan fingerprint density at radius 2 is 1.48 bits per heavy atom. The third kappa shape index (κ3) is 6.19. The van der Waals surface area contributed by atoms with Crippen molar-refractivity contribution in [2.75, 3.05) is 23.8 Å². The Labute approximate surface area is 160 Å². The van der Waals surface area contributed by atoms with Gasteiger partial charge < -0.3 is 15.4 Å². The number of hydrogen-bond donors (Lipinski definition) is 2. The maximum absolute atomic E-state index is 12.2. The third-order valence-corrected chi connectivity index (χ3v) is 4.10. The molecule has 4 heteroatoms. The van der Waals surface area contributed by atoms with Gasteiger partial charge in [0.25, 0.3) is 0 Å². The van der Waals surface area contributed by atoms with Gasteiger partial charge in [-0.2, -0.15) is 0 Å². The van der Waals surface area contributed by atoms with Crippen LogP contribution < -0.4 is 15.4 Å². The smallest absolute Gasteiger partial charge is 0.243 e. The highest BCUT2D eigenvalue weighted by Gasteiger charge is 2.07. The summed E-state index contributed by atoms with van der Waals surface area (Å²) in [6.07, 6.45) is 1.89. The maximum atomic E-state index is 12.2. The van der Waals surface area contributed by atoms with E-state index < -0.39 is 0 Å². The van der Waals surface area contributed by atoms with Crippen LogP contribution in [0.1, 0.15) is 12.0 Å². The standard InChI is InChI=1S/C23H24N2O2/c26-23(18-24-20-13-5-2-6-14-20)25-21-15-7-8-16-22(21)27-17-9-12-19-10-3-1-4-11-19/h1-8,10-11,13-16,24H,9,12,17-18H2,(H,25,26). The van der Waals surface area contributed by atoms with Gasteiger partial charge in [-0.15, -0.1) is 0 Å². The van der Waals surface area contributed by atoms with Gasteiger partial charge in [-0.05, 0) is 42.7 Å². The molecule has 0 radical (unpaired) electrons. The lowest BCUT2D eigenvalue weighted by Crippen LogP contribution is -2.22. The molecule has 0 aliphatic carbocycles. The molecule has 3 aromatic carbocycles. The van der Waals surface area contributed by atoms with Crippen molar-refractivity contribution in [3.63, 3.8) is 0 Å². The van der Waals surface area contributed by atoms with Crippen molar-refractivity contribution in [3.05, 3.63) is 90.5 Å². The molecule has 0 aliphatic rings. The summed E-state index contributed by atoms with van der Waals surface area (Å²) in [7, 11) is 0. The van der Waals surface area contributed by atoms with Crippen LogP contribution in [-0.4, -0.2) is 19.1 Å². The van der Waals surface area contributed by atoms with Gasteiger partial charge in [-0.1, -0.05) is 60.7 Å². The molecule has 0 aliphatic heterocycles. The van der Waals surface area contributed by atoms with E-state index in [0.717, 1.165) is 18.5 Å². The Morgan fingerprint density at radius 3 is 2.26 bits per heavy atom. The van der Waals surface area contributed by atoms with Gasteiger partial charge in [0, 0.05) is 5.69 Å². The normalized spacial score (nSPS) is 10.2. The van der Waals surface area contributed by atoms with Crippen molar-refractivity contribution in [3.8, 4) is 5.75 Å². The first kappa shape index (κ1) is 18.5. The highest BCUT2D eigenvalue weighted by molar-refractivity contribution is 5.95. The van der Waals surface area contributed by atoms with Gasteiger partial charge >= 0.3 is 0 Å². The minimum absolute atomic E-state index is 0.112. The number of aryl methyl sites for hydroxylation is 1. The van der Waals surface area contributed by atoms with Crippen molar-refractivity contribution in [1.82, 2.24) is 0 Å². The second-order valence-electron chi connectivity index (χ2n) is 6.20. The molecule has 0 aromatic heterocycles. The fourth-order valence-electron chi connectivity index (χ4n) is 2.73. The maximum Gasteiger partial charge on any atom is 0.243 e. The molecule has 0 bridgehead atoms. The lowest BCUT2D eigenvalue weighted by atomic mass is 10.1. The van der Waals surface area contributed by atoms with E-state index in [2.05, 4.69) is 22.8 Å². The molecule has 2 N–H and O–H groups in total. The second-order valence-corrected chi connectivity index (χ2v) is 6.20. The minimum Gasteiger partial charge on any atom is -0.491 e. The molecule has 3 aromatic rings. The van der Waals surface area contributed by atoms with Gasteiger partial charge in [0.2, 0.25) is 5.91 Å². The van der Waals surface area contributed by atoms with Crippen LogP contribution in [0, 0.1) is 0 Å². The summed E-state index contributed by atoms with van der Waals surface area (Å²) in [6, 6.07) is 27.5. The molecule has 0 atom stereocenters. The fraction of sp³-hybridized carbons (Fsp3) is 0.174. The molecular weight excluding hydrogens is 336 g/mol. The molecule has 3 rings (SSSR count). The number of rotatable bonds is 9. The second kappa shape index (κ2) is 10.0. The first-order chi connectivity index (χ1) is 13.3. The first-order valence-electron chi connectivity index (χ1n) is 9.16. The van der Waals surface area contributed by atoms with Crippen molar-refractivity contribution < 1.29 is 9.53 Å². The number of ether oxygens (including phenoxy) is 1. The average Bonchev–Trinajstić information content (AvgIpc) is 2.72. The predicted molar refractivity (Wildman–Crippen MR) is 110 cm³/mol. The summed E-state index contributed by atoms with van der Waals surface area (Å²) in [6.45, 7) is 0.802. The van der Waals surface area contributed by atoms with Crippen LogP contribution in [0.25, 0.3) is 0 Å². The summed E-state index contributed by atoms with van der Waals surface area (Å²) in [5.74, 6) is 0.581. The van der Waals surface area contributed by atoms with Crippen molar-refractivity contribution >= 4 is 17.3 Å². The number of hydrogen-bond acceptors (Lipinski definition) is 3. The molecule has 0 saturated carbocycles. The number of carbonyl (C=O) groups excluding carboxylic acids is 1. The Morgan fingerprint density at radius 1 is 0.815 bits per heavy atom. The number of anilines is 2. The molecule has 138 valence electrons. The van der Waals surface area contributed by atoms with Gasteiger partial charge in [-0.25, -0.2) is 0 Å². The van der Waals surface area contributed by atoms with Crippen molar-refractivity contribution in [1.29, 1.82) is 0 Å². The molecule has 0 saturated heterocycles. The number of amides is 1. The highest BCUT2D eigenvalue weighted by Crippen LogP contribution is 2.24. The zero-order valence-corrected chi connectivity index (χ0v) is 15.2. The summed E-state index contributed by atoms with van der Waals surface area (Å²) < 4.78 is 5.89. The van der Waals surface area contributed by atoms with Crippen LogP contribution in [0.2, 0.25) is 0 Å². The van der Waals surface area contributed by atoms with Crippen LogP contribution in [0.15, 0.2) is 84.9 Å². The molecule has 0 spiro atoms. The van der Waals surface area contributed by atoms with Gasteiger partial charge in [0.05, 0.1) is 18.8 Å². The fourth-order valence-corrected chi connectivity index (χ4v) is 2.73. The monoisotopic (exact) mass is 360 g/mol. The van der Waals surface area contributed by atoms with E-state index in [-0.39, 0.29) is 12.5 Å². The van der Waals surface area contributed by atoms with E-state index in [1.54, 1.807) is 0 Å². The van der Waals surface area contributed by atoms with Crippen LogP contribution >= 0.6 is 0 Å². The highest BCUT2D eigenvalue weighted by atomic mass is 16.5. The zero-order chi connectivity index (χ0) is 18.7. The lowest BCUT2D eigenvalue weighted by Gasteiger charge is -2.13. The van der Waals surface area contributed by atoms with E-state index in [1.165, 1.54) is 5.56 Å². The molecular formula is C23H24N2O2. The van der Waals surface area contributed by atoms with E-state index in [0.29, 0.717) is 18.0 Å². The summed E-state index contributed by atoms with van der Waals surface area (Å²) in [5.41, 5.74) is 2.91. The SMILES string of the molecule is O=C(CNc1ccccc1)Nc1ccccc1OCCCc1ccccc1. The van der Waals surface area contributed by atoms with Crippen molar-refractivity contribution in [2.45, 2.75) is 12.8 Å². The largest absolute Gasteiger partial charge is 0.491 e. The molecule has 0 heterocycles. The third-order valence-electron chi connectivity index (χ3n) is 4.10. The molecule has 0 unspecified atom stereocenters. The Hall–Kier alpha value is -3.27. The Balaban J connectivity index is 1.47. The van der Waals surface area contributed by atoms with Crippen LogP contribution in [0.3, 0.4) is 0 Å². The van der Waals surface area contributed by atoms with E-state index >= 15 is 0 Å². The molecule has 4 nitrogen and oxygen atoms in total. The van der Waals surface area contributed by atoms with Gasteiger partial charge in [0.15, 0.2) is 0 Å². The summed E-state index contributed by atoms with van der Waals surface area (Å²) >= 11 is 0. The molecule has 1 amide bonds. The number of carbonyl (C=O) groups is 1.